The molecule has 0 aliphatic carbocycles. The molecule has 0 radical (unpaired) electrons. The average molecular weight is 610 g/mol. The van der Waals surface area contributed by atoms with Crippen molar-refractivity contribution in [1.29, 1.82) is 0 Å². The molecule has 2 bridgehead atoms. The Labute approximate surface area is 260 Å². The zero-order chi connectivity index (χ0) is 32.3. The van der Waals surface area contributed by atoms with Crippen molar-refractivity contribution in [1.82, 2.24) is 10.2 Å². The summed E-state index contributed by atoms with van der Waals surface area (Å²) in [7, 11) is 0. The summed E-state index contributed by atoms with van der Waals surface area (Å²) in [6.07, 6.45) is 3.84. The lowest BCUT2D eigenvalue weighted by molar-refractivity contribution is -0.160. The van der Waals surface area contributed by atoms with Gasteiger partial charge in [-0.2, -0.15) is 0 Å². The monoisotopic (exact) mass is 609 g/mol. The van der Waals surface area contributed by atoms with Gasteiger partial charge in [0, 0.05) is 18.7 Å². The summed E-state index contributed by atoms with van der Waals surface area (Å²) in [6, 6.07) is 4.08. The fraction of sp³-hybridized carbons (Fsp3) is 0.588. The standard InChI is InChI=1S/C34H47N3O7/c1-8-10-14-26(39)35-18-23(7)43-33(42)27-25-15-16-34(44-25)28(27)31(40)37(24(19-38)20(3)4)30(34)32(41)36(17-9-2)29-21(5)12-11-13-22(29)6/h8-9,11-13,20,23-25,27-28,30,38H,1-2,10,14-19H2,3-7H3,(H,35,39)/t23-,24+,25-,27+,28+,30-,34+/m1/s1. The van der Waals surface area contributed by atoms with Crippen LogP contribution in [0.15, 0.2) is 43.5 Å². The number of hydrogen-bond donors (Lipinski definition) is 2. The average Bonchev–Trinajstić information content (AvgIpc) is 3.62. The number of anilines is 1. The summed E-state index contributed by atoms with van der Waals surface area (Å²) in [6.45, 7) is 16.8. The number of aryl methyl sites for hydroxylation is 2. The molecule has 7 atom stereocenters. The van der Waals surface area contributed by atoms with Crippen LogP contribution in [0.5, 0.6) is 0 Å². The van der Waals surface area contributed by atoms with Gasteiger partial charge in [-0.3, -0.25) is 19.2 Å². The second kappa shape index (κ2) is 13.6. The van der Waals surface area contributed by atoms with Crippen LogP contribution >= 0.6 is 0 Å². The van der Waals surface area contributed by atoms with Gasteiger partial charge in [0.05, 0.1) is 37.1 Å². The number of rotatable bonds is 14. The number of para-hydroxylation sites is 1. The first-order chi connectivity index (χ1) is 20.9. The lowest BCUT2D eigenvalue weighted by Crippen LogP contribution is -2.60. The third-order valence-electron chi connectivity index (χ3n) is 9.32. The highest BCUT2D eigenvalue weighted by Gasteiger charge is 2.76. The molecule has 3 aliphatic heterocycles. The lowest BCUT2D eigenvalue weighted by atomic mass is 9.70. The van der Waals surface area contributed by atoms with Crippen LogP contribution in [0.2, 0.25) is 0 Å². The zero-order valence-electron chi connectivity index (χ0n) is 26.6. The van der Waals surface area contributed by atoms with Crippen molar-refractivity contribution in [3.63, 3.8) is 0 Å². The first-order valence-electron chi connectivity index (χ1n) is 15.6. The third-order valence-corrected chi connectivity index (χ3v) is 9.32. The zero-order valence-corrected chi connectivity index (χ0v) is 26.6. The molecule has 44 heavy (non-hydrogen) atoms. The van der Waals surface area contributed by atoms with Gasteiger partial charge in [-0.1, -0.05) is 44.2 Å². The van der Waals surface area contributed by atoms with Crippen LogP contribution in [0.25, 0.3) is 0 Å². The number of fused-ring (bicyclic) bond motifs is 1. The van der Waals surface area contributed by atoms with Crippen LogP contribution in [0, 0.1) is 31.6 Å². The first-order valence-corrected chi connectivity index (χ1v) is 15.6. The van der Waals surface area contributed by atoms with Crippen LogP contribution in [-0.4, -0.2) is 83.3 Å². The second-order valence-corrected chi connectivity index (χ2v) is 12.7. The van der Waals surface area contributed by atoms with Crippen molar-refractivity contribution in [2.24, 2.45) is 17.8 Å². The van der Waals surface area contributed by atoms with Crippen LogP contribution in [0.4, 0.5) is 5.69 Å². The molecule has 3 saturated heterocycles. The molecule has 0 unspecified atom stereocenters. The van der Waals surface area contributed by atoms with Crippen molar-refractivity contribution in [2.45, 2.75) is 90.2 Å². The normalized spacial score (nSPS) is 26.7. The molecule has 240 valence electrons. The van der Waals surface area contributed by atoms with E-state index in [4.69, 9.17) is 9.47 Å². The number of nitrogens with zero attached hydrogens (tertiary/aromatic N) is 2. The number of allylic oxidation sites excluding steroid dienone is 1. The second-order valence-electron chi connectivity index (χ2n) is 12.7. The highest BCUT2D eigenvalue weighted by molar-refractivity contribution is 6.05. The topological polar surface area (TPSA) is 125 Å². The Balaban J connectivity index is 1.69. The number of esters is 1. The Bertz CT molecular complexity index is 1280. The van der Waals surface area contributed by atoms with Crippen molar-refractivity contribution in [3.05, 3.63) is 54.6 Å². The van der Waals surface area contributed by atoms with E-state index in [1.165, 1.54) is 4.90 Å². The molecular weight excluding hydrogens is 562 g/mol. The lowest BCUT2D eigenvalue weighted by Gasteiger charge is -2.41. The molecular formula is C34H47N3O7. The highest BCUT2D eigenvalue weighted by Crippen LogP contribution is 2.59. The van der Waals surface area contributed by atoms with E-state index < -0.39 is 47.7 Å². The van der Waals surface area contributed by atoms with Gasteiger partial charge in [0.15, 0.2) is 0 Å². The summed E-state index contributed by atoms with van der Waals surface area (Å²) in [5.74, 6) is -3.49. The minimum Gasteiger partial charge on any atom is -0.460 e. The Morgan fingerprint density at radius 2 is 1.89 bits per heavy atom. The molecule has 4 rings (SSSR count). The highest BCUT2D eigenvalue weighted by atomic mass is 16.6. The molecule has 2 N–H and O–H groups in total. The molecule has 3 aliphatic rings. The molecule has 3 fully saturated rings. The first kappa shape index (κ1) is 33.4. The van der Waals surface area contributed by atoms with Gasteiger partial charge in [0.25, 0.3) is 5.91 Å². The number of ether oxygens (including phenoxy) is 2. The minimum atomic E-state index is -1.25. The van der Waals surface area contributed by atoms with Crippen molar-refractivity contribution in [3.8, 4) is 0 Å². The molecule has 1 aromatic carbocycles. The molecule has 0 aromatic heterocycles. The molecule has 3 amide bonds. The van der Waals surface area contributed by atoms with Crippen molar-refractivity contribution >= 4 is 29.4 Å². The maximum absolute atomic E-state index is 14.8. The van der Waals surface area contributed by atoms with Gasteiger partial charge >= 0.3 is 5.97 Å². The van der Waals surface area contributed by atoms with Gasteiger partial charge in [-0.05, 0) is 57.1 Å². The summed E-state index contributed by atoms with van der Waals surface area (Å²) in [5, 5.41) is 13.3. The van der Waals surface area contributed by atoms with Crippen LogP contribution in [0.3, 0.4) is 0 Å². The fourth-order valence-electron chi connectivity index (χ4n) is 7.31. The number of amides is 3. The van der Waals surface area contributed by atoms with Crippen LogP contribution in [0.1, 0.15) is 57.6 Å². The number of nitrogens with one attached hydrogen (secondary N) is 1. The molecule has 10 nitrogen and oxygen atoms in total. The number of benzene rings is 1. The summed E-state index contributed by atoms with van der Waals surface area (Å²) in [5.41, 5.74) is 1.29. The third kappa shape index (κ3) is 5.94. The van der Waals surface area contributed by atoms with E-state index in [9.17, 15) is 24.3 Å². The summed E-state index contributed by atoms with van der Waals surface area (Å²) < 4.78 is 12.3. The molecule has 0 saturated carbocycles. The van der Waals surface area contributed by atoms with Gasteiger partial charge in [-0.15, -0.1) is 13.2 Å². The SMILES string of the molecule is C=CCCC(=O)NC[C@@H](C)OC(=O)[C@@H]1[C@H]2C(=O)N([C@@H](CO)C(C)C)[C@H](C(=O)N(CC=C)c3c(C)cccc3C)[C@]23CC[C@H]1O3. The van der Waals surface area contributed by atoms with Crippen molar-refractivity contribution in [2.75, 3.05) is 24.6 Å². The van der Waals surface area contributed by atoms with E-state index in [0.717, 1.165) is 16.8 Å². The van der Waals surface area contributed by atoms with Crippen molar-refractivity contribution < 1.29 is 33.8 Å². The fourth-order valence-corrected chi connectivity index (χ4v) is 7.31. The van der Waals surface area contributed by atoms with E-state index in [1.54, 1.807) is 24.0 Å². The number of carbonyl (C=O) groups excluding carboxylic acids is 4. The van der Waals surface area contributed by atoms with E-state index >= 15 is 0 Å². The maximum atomic E-state index is 14.8. The molecule has 1 spiro atoms. The van der Waals surface area contributed by atoms with Gasteiger partial charge < -0.3 is 29.7 Å². The Hall–Kier alpha value is -3.50. The van der Waals surface area contributed by atoms with Crippen LogP contribution in [-0.2, 0) is 28.7 Å². The van der Waals surface area contributed by atoms with E-state index in [1.807, 2.05) is 45.9 Å². The Morgan fingerprint density at radius 1 is 1.20 bits per heavy atom. The number of carbonyl (C=O) groups is 4. The molecule has 10 heteroatoms. The smallest absolute Gasteiger partial charge is 0.312 e. The predicted molar refractivity (Wildman–Crippen MR) is 167 cm³/mol. The number of aliphatic hydroxyl groups excluding tert-OH is 1. The molecule has 1 aromatic rings. The van der Waals surface area contributed by atoms with Gasteiger partial charge in [-0.25, -0.2) is 0 Å². The minimum absolute atomic E-state index is 0.128. The Morgan fingerprint density at radius 3 is 2.48 bits per heavy atom. The van der Waals surface area contributed by atoms with Crippen LogP contribution < -0.4 is 10.2 Å². The van der Waals surface area contributed by atoms with E-state index in [2.05, 4.69) is 18.5 Å². The Kier molecular flexibility index (Phi) is 10.4. The quantitative estimate of drug-likeness (QED) is 0.245. The summed E-state index contributed by atoms with van der Waals surface area (Å²) >= 11 is 0. The summed E-state index contributed by atoms with van der Waals surface area (Å²) in [4.78, 5) is 58.1. The van der Waals surface area contributed by atoms with E-state index in [0.29, 0.717) is 25.7 Å². The van der Waals surface area contributed by atoms with Gasteiger partial charge in [0.2, 0.25) is 11.8 Å². The number of hydrogen-bond acceptors (Lipinski definition) is 7. The predicted octanol–water partition coefficient (Wildman–Crippen LogP) is 3.23. The van der Waals surface area contributed by atoms with E-state index in [-0.39, 0.29) is 43.3 Å². The largest absolute Gasteiger partial charge is 0.460 e. The number of aliphatic hydroxyl groups is 1. The molecule has 3 heterocycles. The number of likely N-dealkylation sites (tertiary alicyclic amines) is 1. The van der Waals surface area contributed by atoms with Gasteiger partial charge in [0.1, 0.15) is 17.7 Å². The maximum Gasteiger partial charge on any atom is 0.312 e.